The van der Waals surface area contributed by atoms with Crippen LogP contribution in [-0.2, 0) is 22.4 Å². The maximum absolute atomic E-state index is 12.6. The quantitative estimate of drug-likeness (QED) is 0.499. The lowest BCUT2D eigenvalue weighted by atomic mass is 9.88. The Kier molecular flexibility index (Phi) is 7.48. The van der Waals surface area contributed by atoms with Gasteiger partial charge in [0.05, 0.1) is 11.7 Å². The van der Waals surface area contributed by atoms with Gasteiger partial charge < -0.3 is 10.1 Å². The fourth-order valence-electron chi connectivity index (χ4n) is 3.23. The molecule has 1 unspecified atom stereocenters. The number of unbranched alkanes of at least 4 members (excludes halogenated alkanes) is 3. The van der Waals surface area contributed by atoms with Crippen molar-refractivity contribution in [2.24, 2.45) is 5.92 Å². The normalized spacial score (nSPS) is 16.6. The van der Waals surface area contributed by atoms with E-state index < -0.39 is 0 Å². The molecular formula is C20H31NO3S. The minimum absolute atomic E-state index is 0.00125. The molecule has 0 saturated carbocycles. The summed E-state index contributed by atoms with van der Waals surface area (Å²) in [6, 6.07) is 0. The zero-order valence-electron chi connectivity index (χ0n) is 15.9. The third-order valence-electron chi connectivity index (χ3n) is 4.57. The van der Waals surface area contributed by atoms with Crippen molar-refractivity contribution in [3.05, 3.63) is 16.0 Å². The lowest BCUT2D eigenvalue weighted by molar-refractivity contribution is -0.116. The Bertz CT molecular complexity index is 606. The van der Waals surface area contributed by atoms with Crippen molar-refractivity contribution < 1.29 is 14.3 Å². The van der Waals surface area contributed by atoms with Crippen molar-refractivity contribution in [2.75, 3.05) is 5.32 Å². The Balaban J connectivity index is 2.15. The van der Waals surface area contributed by atoms with Crippen LogP contribution < -0.4 is 5.32 Å². The SMILES string of the molecule is CCCCCCC(=O)Nc1sc2c(c1C(=O)OC(C)C)CCC(C)C2. The second-order valence-corrected chi connectivity index (χ2v) is 8.47. The number of thiophene rings is 1. The highest BCUT2D eigenvalue weighted by molar-refractivity contribution is 7.17. The summed E-state index contributed by atoms with van der Waals surface area (Å²) in [6.45, 7) is 8.10. The summed E-state index contributed by atoms with van der Waals surface area (Å²) >= 11 is 1.56. The van der Waals surface area contributed by atoms with Gasteiger partial charge in [0.25, 0.3) is 0 Å². The fourth-order valence-corrected chi connectivity index (χ4v) is 4.64. The van der Waals surface area contributed by atoms with Gasteiger partial charge in [0.2, 0.25) is 5.91 Å². The molecule has 1 aromatic heterocycles. The number of anilines is 1. The lowest BCUT2D eigenvalue weighted by Crippen LogP contribution is -2.18. The number of amides is 1. The number of ether oxygens (including phenoxy) is 1. The van der Waals surface area contributed by atoms with Crippen LogP contribution in [0.15, 0.2) is 0 Å². The predicted octanol–water partition coefficient (Wildman–Crippen LogP) is 5.35. The topological polar surface area (TPSA) is 55.4 Å². The van der Waals surface area contributed by atoms with Crippen molar-refractivity contribution in [3.8, 4) is 0 Å². The van der Waals surface area contributed by atoms with E-state index >= 15 is 0 Å². The van der Waals surface area contributed by atoms with Gasteiger partial charge in [0, 0.05) is 11.3 Å². The second-order valence-electron chi connectivity index (χ2n) is 7.37. The van der Waals surface area contributed by atoms with Gasteiger partial charge in [-0.05, 0) is 51.0 Å². The van der Waals surface area contributed by atoms with E-state index in [9.17, 15) is 9.59 Å². The molecule has 0 aliphatic heterocycles. The van der Waals surface area contributed by atoms with Gasteiger partial charge in [-0.3, -0.25) is 4.79 Å². The number of hydrogen-bond acceptors (Lipinski definition) is 4. The van der Waals surface area contributed by atoms with Crippen LogP contribution in [-0.4, -0.2) is 18.0 Å². The minimum atomic E-state index is -0.302. The molecule has 1 atom stereocenters. The highest BCUT2D eigenvalue weighted by atomic mass is 32.1. The molecule has 0 aromatic carbocycles. The zero-order chi connectivity index (χ0) is 18.4. The molecule has 0 saturated heterocycles. The molecule has 0 fully saturated rings. The number of carbonyl (C=O) groups is 2. The second kappa shape index (κ2) is 9.37. The van der Waals surface area contributed by atoms with Gasteiger partial charge in [-0.1, -0.05) is 33.1 Å². The summed E-state index contributed by atoms with van der Waals surface area (Å²) in [5.41, 5.74) is 1.69. The summed E-state index contributed by atoms with van der Waals surface area (Å²) in [5.74, 6) is 0.322. The largest absolute Gasteiger partial charge is 0.459 e. The van der Waals surface area contributed by atoms with Gasteiger partial charge in [-0.15, -0.1) is 11.3 Å². The lowest BCUT2D eigenvalue weighted by Gasteiger charge is -2.18. The van der Waals surface area contributed by atoms with Crippen LogP contribution in [0.3, 0.4) is 0 Å². The fraction of sp³-hybridized carbons (Fsp3) is 0.700. The summed E-state index contributed by atoms with van der Waals surface area (Å²) in [6.07, 6.45) is 7.58. The molecule has 1 aliphatic rings. The van der Waals surface area contributed by atoms with Gasteiger partial charge in [-0.2, -0.15) is 0 Å². The van der Waals surface area contributed by atoms with Gasteiger partial charge in [0.15, 0.2) is 0 Å². The first kappa shape index (κ1) is 20.0. The standard InChI is InChI=1S/C20H31NO3S/c1-5-6-7-8-9-17(22)21-19-18(20(23)24-13(2)3)15-11-10-14(4)12-16(15)25-19/h13-14H,5-12H2,1-4H3,(H,21,22). The van der Waals surface area contributed by atoms with E-state index in [-0.39, 0.29) is 18.0 Å². The molecule has 140 valence electrons. The first-order valence-electron chi connectivity index (χ1n) is 9.57. The Morgan fingerprint density at radius 2 is 2.04 bits per heavy atom. The molecule has 5 heteroatoms. The van der Waals surface area contributed by atoms with E-state index in [1.807, 2.05) is 13.8 Å². The molecule has 0 bridgehead atoms. The third-order valence-corrected chi connectivity index (χ3v) is 5.74. The number of esters is 1. The highest BCUT2D eigenvalue weighted by Gasteiger charge is 2.29. The first-order valence-corrected chi connectivity index (χ1v) is 10.4. The van der Waals surface area contributed by atoms with Crippen molar-refractivity contribution in [2.45, 2.75) is 85.2 Å². The van der Waals surface area contributed by atoms with Gasteiger partial charge in [0.1, 0.15) is 5.00 Å². The van der Waals surface area contributed by atoms with Crippen molar-refractivity contribution >= 4 is 28.2 Å². The van der Waals surface area contributed by atoms with Gasteiger partial charge >= 0.3 is 5.97 Å². The molecule has 0 spiro atoms. The maximum Gasteiger partial charge on any atom is 0.341 e. The summed E-state index contributed by atoms with van der Waals surface area (Å²) in [5, 5.41) is 3.68. The molecular weight excluding hydrogens is 334 g/mol. The molecule has 25 heavy (non-hydrogen) atoms. The minimum Gasteiger partial charge on any atom is -0.459 e. The van der Waals surface area contributed by atoms with E-state index in [1.165, 1.54) is 4.88 Å². The number of nitrogens with one attached hydrogen (secondary N) is 1. The zero-order valence-corrected chi connectivity index (χ0v) is 16.8. The smallest absolute Gasteiger partial charge is 0.341 e. The van der Waals surface area contributed by atoms with E-state index in [1.54, 1.807) is 11.3 Å². The molecule has 0 radical (unpaired) electrons. The first-order chi connectivity index (χ1) is 11.9. The van der Waals surface area contributed by atoms with Crippen molar-refractivity contribution in [1.29, 1.82) is 0 Å². The van der Waals surface area contributed by atoms with Crippen molar-refractivity contribution in [1.82, 2.24) is 0 Å². The van der Waals surface area contributed by atoms with E-state index in [4.69, 9.17) is 4.74 Å². The maximum atomic E-state index is 12.6. The van der Waals surface area contributed by atoms with Gasteiger partial charge in [-0.25, -0.2) is 4.79 Å². The Morgan fingerprint density at radius 1 is 1.28 bits per heavy atom. The van der Waals surface area contributed by atoms with Crippen LogP contribution in [0.1, 0.15) is 87.0 Å². The van der Waals surface area contributed by atoms with Crippen LogP contribution in [0.4, 0.5) is 5.00 Å². The van der Waals surface area contributed by atoms with Crippen LogP contribution >= 0.6 is 11.3 Å². The Labute approximate surface area is 155 Å². The molecule has 1 heterocycles. The van der Waals surface area contributed by atoms with Crippen molar-refractivity contribution in [3.63, 3.8) is 0 Å². The van der Waals surface area contributed by atoms with E-state index in [0.29, 0.717) is 22.9 Å². The molecule has 1 aromatic rings. The third kappa shape index (κ3) is 5.56. The number of hydrogen-bond donors (Lipinski definition) is 1. The summed E-state index contributed by atoms with van der Waals surface area (Å²) in [4.78, 5) is 26.1. The molecule has 4 nitrogen and oxygen atoms in total. The predicted molar refractivity (Wildman–Crippen MR) is 103 cm³/mol. The van der Waals surface area contributed by atoms with Crippen LogP contribution in [0, 0.1) is 5.92 Å². The van der Waals surface area contributed by atoms with E-state index in [0.717, 1.165) is 50.5 Å². The molecule has 1 N–H and O–H groups in total. The molecule has 1 amide bonds. The highest BCUT2D eigenvalue weighted by Crippen LogP contribution is 2.40. The molecule has 1 aliphatic carbocycles. The average molecular weight is 366 g/mol. The number of fused-ring (bicyclic) bond motifs is 1. The summed E-state index contributed by atoms with van der Waals surface area (Å²) in [7, 11) is 0. The monoisotopic (exact) mass is 365 g/mol. The Morgan fingerprint density at radius 3 is 2.72 bits per heavy atom. The number of carbonyl (C=O) groups excluding carboxylic acids is 2. The Hall–Kier alpha value is -1.36. The van der Waals surface area contributed by atoms with E-state index in [2.05, 4.69) is 19.2 Å². The van der Waals surface area contributed by atoms with Crippen LogP contribution in [0.25, 0.3) is 0 Å². The average Bonchev–Trinajstić information content (AvgIpc) is 2.87. The van der Waals surface area contributed by atoms with Crippen LogP contribution in [0.2, 0.25) is 0 Å². The summed E-state index contributed by atoms with van der Waals surface area (Å²) < 4.78 is 5.44. The van der Waals surface area contributed by atoms with Crippen LogP contribution in [0.5, 0.6) is 0 Å². The number of rotatable bonds is 8. The molecule has 2 rings (SSSR count).